The molecule has 3 aromatic rings. The van der Waals surface area contributed by atoms with Crippen LogP contribution in [-0.2, 0) is 32.6 Å². The number of carboxylic acid groups (broad SMARTS) is 2. The Morgan fingerprint density at radius 3 is 2.33 bits per heavy atom. The topological polar surface area (TPSA) is 146 Å². The van der Waals surface area contributed by atoms with E-state index in [1.165, 1.54) is 32.1 Å². The molecule has 3 heterocycles. The Kier molecular flexibility index (Phi) is 13.4. The summed E-state index contributed by atoms with van der Waals surface area (Å²) in [5.41, 5.74) is 1.93. The van der Waals surface area contributed by atoms with E-state index >= 15 is 13.2 Å². The van der Waals surface area contributed by atoms with Crippen molar-refractivity contribution in [3.8, 4) is 16.9 Å². The smallest absolute Gasteiger partial charge is 0.414 e. The first-order valence-corrected chi connectivity index (χ1v) is 16.5. The van der Waals surface area contributed by atoms with E-state index in [-0.39, 0.29) is 36.4 Å². The molecule has 0 radical (unpaired) electrons. The largest absolute Gasteiger partial charge is 0.492 e. The Bertz CT molecular complexity index is 1680. The standard InChI is InChI=1S/C34H42F3N5O3.C2H2O4/c1-23-16-25-17-24(26-20-39-40(4)21-26)7-8-28(25)33(42(23)22-34(2,3)37)32-29(35)18-27(19-30(32)36)45-13-10-38-9-5-6-31(43)41-11-14-44-15-12-41;3-1(4)2(5)6/h5-8,17-21,23,33,38H,9-16,22H2,1-4H3;(H,3,4)(H,5,6)/b6-5+;/t23-,33+;/m1./s1. The summed E-state index contributed by atoms with van der Waals surface area (Å²) < 4.78 is 59.4. The van der Waals surface area contributed by atoms with Crippen molar-refractivity contribution in [2.45, 2.75) is 44.9 Å². The number of aromatic nitrogens is 2. The van der Waals surface area contributed by atoms with Gasteiger partial charge in [0.05, 0.1) is 25.5 Å². The number of nitrogens with zero attached hydrogens (tertiary/aromatic N) is 4. The van der Waals surface area contributed by atoms with Crippen molar-refractivity contribution in [1.29, 1.82) is 0 Å². The minimum absolute atomic E-state index is 0.0118. The first kappa shape index (κ1) is 39.1. The first-order valence-electron chi connectivity index (χ1n) is 16.5. The number of aryl methyl sites for hydroxylation is 1. The Morgan fingerprint density at radius 2 is 1.75 bits per heavy atom. The van der Waals surface area contributed by atoms with Crippen LogP contribution in [0.15, 0.2) is 54.9 Å². The number of rotatable bonds is 11. The third kappa shape index (κ3) is 10.9. The van der Waals surface area contributed by atoms with Crippen LogP contribution in [0.3, 0.4) is 0 Å². The zero-order valence-corrected chi connectivity index (χ0v) is 29.1. The van der Waals surface area contributed by atoms with Crippen LogP contribution in [0.4, 0.5) is 13.2 Å². The van der Waals surface area contributed by atoms with Gasteiger partial charge in [-0.15, -0.1) is 0 Å². The maximum Gasteiger partial charge on any atom is 0.414 e. The molecular formula is C36H44F3N5O7. The van der Waals surface area contributed by atoms with E-state index in [0.717, 1.165) is 22.3 Å². The number of carbonyl (C=O) groups is 3. The van der Waals surface area contributed by atoms with E-state index < -0.39 is 35.3 Å². The number of carboxylic acids is 2. The number of morpholine rings is 1. The summed E-state index contributed by atoms with van der Waals surface area (Å²) in [7, 11) is 1.85. The van der Waals surface area contributed by atoms with E-state index in [2.05, 4.69) is 10.4 Å². The number of ether oxygens (including phenoxy) is 2. The second kappa shape index (κ2) is 17.5. The number of halogens is 3. The quantitative estimate of drug-likeness (QED) is 0.151. The molecule has 51 heavy (non-hydrogen) atoms. The van der Waals surface area contributed by atoms with Crippen LogP contribution in [-0.4, -0.2) is 112 Å². The summed E-state index contributed by atoms with van der Waals surface area (Å²) in [5, 5.41) is 22.2. The average molecular weight is 716 g/mol. The minimum atomic E-state index is -1.82. The lowest BCUT2D eigenvalue weighted by Crippen LogP contribution is -2.48. The Hall–Kier alpha value is -4.73. The van der Waals surface area contributed by atoms with E-state index in [0.29, 0.717) is 45.8 Å². The fraction of sp³-hybridized carbons (Fsp3) is 0.444. The van der Waals surface area contributed by atoms with Crippen molar-refractivity contribution in [3.63, 3.8) is 0 Å². The molecule has 2 aliphatic rings. The lowest BCUT2D eigenvalue weighted by molar-refractivity contribution is -0.159. The van der Waals surface area contributed by atoms with E-state index in [1.807, 2.05) is 43.3 Å². The zero-order valence-electron chi connectivity index (χ0n) is 29.1. The van der Waals surface area contributed by atoms with E-state index in [1.54, 1.807) is 21.9 Å². The highest BCUT2D eigenvalue weighted by Crippen LogP contribution is 2.43. The van der Waals surface area contributed by atoms with E-state index in [9.17, 15) is 4.79 Å². The highest BCUT2D eigenvalue weighted by atomic mass is 19.1. The van der Waals surface area contributed by atoms with Gasteiger partial charge in [0.25, 0.3) is 0 Å². The fourth-order valence-corrected chi connectivity index (χ4v) is 6.05. The number of fused-ring (bicyclic) bond motifs is 1. The molecule has 1 saturated heterocycles. The average Bonchev–Trinajstić information content (AvgIpc) is 3.51. The molecule has 15 heteroatoms. The van der Waals surface area contributed by atoms with Gasteiger partial charge >= 0.3 is 11.9 Å². The zero-order chi connectivity index (χ0) is 37.3. The van der Waals surface area contributed by atoms with Gasteiger partial charge in [-0.25, -0.2) is 22.8 Å². The van der Waals surface area contributed by atoms with Crippen LogP contribution in [0.5, 0.6) is 5.75 Å². The third-order valence-corrected chi connectivity index (χ3v) is 8.35. The number of amides is 1. The molecular weight excluding hydrogens is 671 g/mol. The number of nitrogens with one attached hydrogen (secondary N) is 1. The van der Waals surface area contributed by atoms with Crippen LogP contribution in [0.2, 0.25) is 0 Å². The predicted octanol–water partition coefficient (Wildman–Crippen LogP) is 3.99. The molecule has 2 atom stereocenters. The van der Waals surface area contributed by atoms with Gasteiger partial charge in [0, 0.05) is 81.3 Å². The van der Waals surface area contributed by atoms with Crippen LogP contribution in [0.25, 0.3) is 11.1 Å². The van der Waals surface area contributed by atoms with Gasteiger partial charge in [-0.3, -0.25) is 14.4 Å². The molecule has 276 valence electrons. The molecule has 1 aromatic heterocycles. The van der Waals surface area contributed by atoms with Crippen LogP contribution in [0.1, 0.15) is 43.5 Å². The molecule has 0 saturated carbocycles. The monoisotopic (exact) mass is 715 g/mol. The molecule has 3 N–H and O–H groups in total. The summed E-state index contributed by atoms with van der Waals surface area (Å²) in [6, 6.07) is 7.27. The van der Waals surface area contributed by atoms with Gasteiger partial charge in [0.2, 0.25) is 5.91 Å². The molecule has 2 aromatic carbocycles. The van der Waals surface area contributed by atoms with Gasteiger partial charge in [-0.2, -0.15) is 5.10 Å². The molecule has 0 aliphatic carbocycles. The first-order chi connectivity index (χ1) is 24.1. The van der Waals surface area contributed by atoms with Crippen LogP contribution in [0, 0.1) is 11.6 Å². The molecule has 5 rings (SSSR count). The van der Waals surface area contributed by atoms with Gasteiger partial charge < -0.3 is 29.9 Å². The summed E-state index contributed by atoms with van der Waals surface area (Å²) in [6.07, 6.45) is 7.58. The second-order valence-corrected chi connectivity index (χ2v) is 13.0. The summed E-state index contributed by atoms with van der Waals surface area (Å²) in [4.78, 5) is 34.0. The van der Waals surface area contributed by atoms with Gasteiger partial charge in [0.1, 0.15) is 29.7 Å². The molecule has 0 unspecified atom stereocenters. The summed E-state index contributed by atoms with van der Waals surface area (Å²) in [6.45, 7) is 8.23. The van der Waals surface area contributed by atoms with Crippen molar-refractivity contribution in [3.05, 3.63) is 83.2 Å². The molecule has 2 aliphatic heterocycles. The van der Waals surface area contributed by atoms with Crippen molar-refractivity contribution in [2.75, 3.05) is 52.5 Å². The highest BCUT2D eigenvalue weighted by Gasteiger charge is 2.39. The fourth-order valence-electron chi connectivity index (χ4n) is 6.05. The number of alkyl halides is 1. The molecule has 1 fully saturated rings. The molecule has 12 nitrogen and oxygen atoms in total. The van der Waals surface area contributed by atoms with Gasteiger partial charge in [-0.05, 0) is 43.9 Å². The summed E-state index contributed by atoms with van der Waals surface area (Å²) >= 11 is 0. The highest BCUT2D eigenvalue weighted by molar-refractivity contribution is 6.27. The molecule has 0 bridgehead atoms. The number of hydrogen-bond acceptors (Lipinski definition) is 8. The van der Waals surface area contributed by atoms with Crippen molar-refractivity contribution in [1.82, 2.24) is 24.9 Å². The Labute approximate surface area is 294 Å². The number of carbonyl (C=O) groups excluding carboxylic acids is 1. The Balaban J connectivity index is 0.000000894. The second-order valence-electron chi connectivity index (χ2n) is 13.0. The van der Waals surface area contributed by atoms with Gasteiger partial charge in [0.15, 0.2) is 0 Å². The SMILES string of the molecule is C[C@@H]1Cc2cc(-c3cnn(C)c3)ccc2[C@@H](c2c(F)cc(OCCNC/C=C/C(=O)N3CCOCC3)cc2F)N1CC(C)(C)F.O=C(O)C(=O)O. The summed E-state index contributed by atoms with van der Waals surface area (Å²) in [5.74, 6) is -5.12. The molecule has 0 spiro atoms. The normalized spacial score (nSPS) is 17.8. The van der Waals surface area contributed by atoms with Crippen molar-refractivity contribution >= 4 is 17.8 Å². The predicted molar refractivity (Wildman–Crippen MR) is 182 cm³/mol. The maximum atomic E-state index is 15.9. The Morgan fingerprint density at radius 1 is 1.08 bits per heavy atom. The van der Waals surface area contributed by atoms with Crippen molar-refractivity contribution in [2.24, 2.45) is 7.05 Å². The molecule has 1 amide bonds. The number of benzene rings is 2. The van der Waals surface area contributed by atoms with Crippen LogP contribution < -0.4 is 10.1 Å². The van der Waals surface area contributed by atoms with Crippen molar-refractivity contribution < 1.29 is 47.2 Å². The van der Waals surface area contributed by atoms with Crippen LogP contribution >= 0.6 is 0 Å². The maximum absolute atomic E-state index is 15.9. The lowest BCUT2D eigenvalue weighted by atomic mass is 9.82. The number of hydrogen-bond donors (Lipinski definition) is 3. The number of aliphatic carboxylic acids is 2. The third-order valence-electron chi connectivity index (χ3n) is 8.35. The van der Waals surface area contributed by atoms with E-state index in [4.69, 9.17) is 29.3 Å². The van der Waals surface area contributed by atoms with Gasteiger partial charge in [-0.1, -0.05) is 24.3 Å². The lowest BCUT2D eigenvalue weighted by Gasteiger charge is -2.44. The minimum Gasteiger partial charge on any atom is -0.492 e.